The number of carbonyl (C=O) groups is 1. The van der Waals surface area contributed by atoms with E-state index in [2.05, 4.69) is 5.32 Å². The first-order valence-corrected chi connectivity index (χ1v) is 5.15. The third-order valence-corrected chi connectivity index (χ3v) is 2.64. The van der Waals surface area contributed by atoms with Crippen molar-refractivity contribution < 1.29 is 9.90 Å². The number of unbranched alkanes of at least 4 members (excludes halogenated alkanes) is 2. The predicted molar refractivity (Wildman–Crippen MR) is 51.3 cm³/mol. The van der Waals surface area contributed by atoms with Crippen LogP contribution in [0.25, 0.3) is 0 Å². The zero-order valence-corrected chi connectivity index (χ0v) is 8.25. The highest BCUT2D eigenvalue weighted by atomic mass is 16.2. The Bertz CT molecular complexity index is 170. The van der Waals surface area contributed by atoms with Crippen LogP contribution in [-0.4, -0.2) is 23.7 Å². The number of carbonyl (C=O) groups excluding carboxylic acids is 1. The highest BCUT2D eigenvalue weighted by molar-refractivity contribution is 5.80. The predicted octanol–water partition coefficient (Wildman–Crippen LogP) is 1.06. The van der Waals surface area contributed by atoms with Crippen LogP contribution in [0.5, 0.6) is 0 Å². The van der Waals surface area contributed by atoms with Crippen molar-refractivity contribution in [3.8, 4) is 0 Å². The summed E-state index contributed by atoms with van der Waals surface area (Å²) in [5.41, 5.74) is 0. The van der Waals surface area contributed by atoms with Gasteiger partial charge in [-0.25, -0.2) is 0 Å². The van der Waals surface area contributed by atoms with Crippen molar-refractivity contribution in [2.75, 3.05) is 6.61 Å². The third kappa shape index (κ3) is 3.35. The molecule has 0 radical (unpaired) electrons. The van der Waals surface area contributed by atoms with Crippen LogP contribution < -0.4 is 5.32 Å². The first-order chi connectivity index (χ1) is 6.24. The molecular formula is C10H19NO2. The fraction of sp³-hybridized carbons (Fsp3) is 0.900. The van der Waals surface area contributed by atoms with E-state index < -0.39 is 0 Å². The molecule has 0 aromatic heterocycles. The molecule has 76 valence electrons. The maximum Gasteiger partial charge on any atom is 0.223 e. The lowest BCUT2D eigenvalue weighted by Crippen LogP contribution is -2.25. The van der Waals surface area contributed by atoms with Gasteiger partial charge in [0.2, 0.25) is 5.91 Å². The number of hydrogen-bond acceptors (Lipinski definition) is 2. The van der Waals surface area contributed by atoms with Crippen LogP contribution in [0.1, 0.15) is 39.0 Å². The van der Waals surface area contributed by atoms with Crippen LogP contribution in [0.3, 0.4) is 0 Å². The van der Waals surface area contributed by atoms with E-state index in [0.717, 1.165) is 32.1 Å². The van der Waals surface area contributed by atoms with E-state index in [0.29, 0.717) is 6.04 Å². The highest BCUT2D eigenvalue weighted by Gasteiger charge is 2.27. The Labute approximate surface area is 79.5 Å². The van der Waals surface area contributed by atoms with E-state index in [1.54, 1.807) is 0 Å². The van der Waals surface area contributed by atoms with Gasteiger partial charge >= 0.3 is 0 Å². The van der Waals surface area contributed by atoms with Crippen LogP contribution >= 0.6 is 0 Å². The molecule has 3 nitrogen and oxygen atoms in total. The lowest BCUT2D eigenvalue weighted by molar-refractivity contribution is -0.122. The summed E-state index contributed by atoms with van der Waals surface area (Å²) < 4.78 is 0. The molecule has 2 atom stereocenters. The molecule has 2 N–H and O–H groups in total. The minimum Gasteiger partial charge on any atom is -0.396 e. The molecule has 0 aromatic carbocycles. The van der Waals surface area contributed by atoms with E-state index in [4.69, 9.17) is 5.11 Å². The monoisotopic (exact) mass is 185 g/mol. The standard InChI is InChI=1S/C10H19NO2/c1-8-7-9(11-10(8)13)5-3-2-4-6-12/h8-9,12H,2-7H2,1H3,(H,11,13)/t8-,9+/m1/s1. The van der Waals surface area contributed by atoms with Crippen molar-refractivity contribution in [2.24, 2.45) is 5.92 Å². The number of aliphatic hydroxyl groups excluding tert-OH is 1. The molecule has 0 saturated carbocycles. The Morgan fingerprint density at radius 1 is 1.46 bits per heavy atom. The number of aliphatic hydroxyl groups is 1. The molecule has 1 fully saturated rings. The second-order valence-electron chi connectivity index (χ2n) is 3.92. The Morgan fingerprint density at radius 3 is 2.77 bits per heavy atom. The molecule has 1 aliphatic rings. The first kappa shape index (κ1) is 10.5. The van der Waals surface area contributed by atoms with E-state index in [1.165, 1.54) is 0 Å². The quantitative estimate of drug-likeness (QED) is 0.629. The molecule has 0 spiro atoms. The van der Waals surface area contributed by atoms with Crippen molar-refractivity contribution >= 4 is 5.91 Å². The molecule has 1 saturated heterocycles. The smallest absolute Gasteiger partial charge is 0.223 e. The van der Waals surface area contributed by atoms with E-state index in [-0.39, 0.29) is 18.4 Å². The highest BCUT2D eigenvalue weighted by Crippen LogP contribution is 2.18. The topological polar surface area (TPSA) is 49.3 Å². The van der Waals surface area contributed by atoms with E-state index in [9.17, 15) is 4.79 Å². The van der Waals surface area contributed by atoms with Gasteiger partial charge in [0, 0.05) is 18.6 Å². The van der Waals surface area contributed by atoms with E-state index >= 15 is 0 Å². The molecule has 1 aliphatic heterocycles. The van der Waals surface area contributed by atoms with Crippen LogP contribution in [0.4, 0.5) is 0 Å². The number of amides is 1. The van der Waals surface area contributed by atoms with Crippen molar-refractivity contribution in [1.82, 2.24) is 5.32 Å². The molecule has 0 aliphatic carbocycles. The van der Waals surface area contributed by atoms with Crippen LogP contribution in [0, 0.1) is 5.92 Å². The van der Waals surface area contributed by atoms with Gasteiger partial charge in [-0.3, -0.25) is 4.79 Å². The van der Waals surface area contributed by atoms with Gasteiger partial charge in [0.25, 0.3) is 0 Å². The summed E-state index contributed by atoms with van der Waals surface area (Å²) in [7, 11) is 0. The summed E-state index contributed by atoms with van der Waals surface area (Å²) in [6.07, 6.45) is 5.11. The van der Waals surface area contributed by atoms with E-state index in [1.807, 2.05) is 6.92 Å². The van der Waals surface area contributed by atoms with Gasteiger partial charge in [-0.1, -0.05) is 19.8 Å². The van der Waals surface area contributed by atoms with Crippen LogP contribution in [0.2, 0.25) is 0 Å². The van der Waals surface area contributed by atoms with Crippen molar-refractivity contribution in [3.63, 3.8) is 0 Å². The molecular weight excluding hydrogens is 166 g/mol. The van der Waals surface area contributed by atoms with Gasteiger partial charge in [-0.15, -0.1) is 0 Å². The normalized spacial score (nSPS) is 27.7. The minimum absolute atomic E-state index is 0.197. The molecule has 3 heteroatoms. The van der Waals surface area contributed by atoms with Gasteiger partial charge in [0.15, 0.2) is 0 Å². The van der Waals surface area contributed by atoms with Crippen molar-refractivity contribution in [3.05, 3.63) is 0 Å². The lowest BCUT2D eigenvalue weighted by Gasteiger charge is -2.08. The molecule has 0 bridgehead atoms. The van der Waals surface area contributed by atoms with Crippen LogP contribution in [0.15, 0.2) is 0 Å². The summed E-state index contributed by atoms with van der Waals surface area (Å²) in [5, 5.41) is 11.6. The third-order valence-electron chi connectivity index (χ3n) is 2.64. The molecule has 0 aromatic rings. The largest absolute Gasteiger partial charge is 0.396 e. The summed E-state index contributed by atoms with van der Waals surface area (Å²) in [4.78, 5) is 11.1. The summed E-state index contributed by atoms with van der Waals surface area (Å²) in [6, 6.07) is 0.390. The number of hydrogen-bond donors (Lipinski definition) is 2. The summed E-state index contributed by atoms with van der Waals surface area (Å²) in [5.74, 6) is 0.398. The van der Waals surface area contributed by atoms with Gasteiger partial charge < -0.3 is 10.4 Å². The fourth-order valence-electron chi connectivity index (χ4n) is 1.81. The molecule has 13 heavy (non-hydrogen) atoms. The second kappa shape index (κ2) is 5.22. The molecule has 1 heterocycles. The van der Waals surface area contributed by atoms with Crippen LogP contribution in [-0.2, 0) is 4.79 Å². The molecule has 0 unspecified atom stereocenters. The molecule has 1 rings (SSSR count). The first-order valence-electron chi connectivity index (χ1n) is 5.15. The van der Waals surface area contributed by atoms with Crippen molar-refractivity contribution in [2.45, 2.75) is 45.1 Å². The zero-order valence-electron chi connectivity index (χ0n) is 8.25. The Balaban J connectivity index is 2.07. The second-order valence-corrected chi connectivity index (χ2v) is 3.92. The zero-order chi connectivity index (χ0) is 9.68. The molecule has 1 amide bonds. The maximum atomic E-state index is 11.1. The number of nitrogens with one attached hydrogen (secondary N) is 1. The minimum atomic E-state index is 0.197. The lowest BCUT2D eigenvalue weighted by atomic mass is 10.0. The van der Waals surface area contributed by atoms with Gasteiger partial charge in [-0.2, -0.15) is 0 Å². The average molecular weight is 185 g/mol. The maximum absolute atomic E-state index is 11.1. The Morgan fingerprint density at radius 2 is 2.23 bits per heavy atom. The van der Waals surface area contributed by atoms with Gasteiger partial charge in [-0.05, 0) is 19.3 Å². The van der Waals surface area contributed by atoms with Crippen molar-refractivity contribution in [1.29, 1.82) is 0 Å². The Kier molecular flexibility index (Phi) is 4.22. The SMILES string of the molecule is C[C@@H]1C[C@H](CCCCCO)NC1=O. The summed E-state index contributed by atoms with van der Waals surface area (Å²) in [6.45, 7) is 2.26. The summed E-state index contributed by atoms with van der Waals surface area (Å²) >= 11 is 0. The average Bonchev–Trinajstić information content (AvgIpc) is 2.41. The fourth-order valence-corrected chi connectivity index (χ4v) is 1.81. The van der Waals surface area contributed by atoms with Gasteiger partial charge in [0.05, 0.1) is 0 Å². The Hall–Kier alpha value is -0.570. The van der Waals surface area contributed by atoms with Gasteiger partial charge in [0.1, 0.15) is 0 Å². The number of rotatable bonds is 5.